The molecule has 0 aliphatic heterocycles. The third-order valence-electron chi connectivity index (χ3n) is 5.44. The molecule has 1 aromatic carbocycles. The van der Waals surface area contributed by atoms with Crippen LogP contribution in [0.5, 0.6) is 0 Å². The molecule has 26 heavy (non-hydrogen) atoms. The van der Waals surface area contributed by atoms with Gasteiger partial charge >= 0.3 is 161 Å². The molecular weight excluding hydrogens is 437 g/mol. The second kappa shape index (κ2) is 9.86. The van der Waals surface area contributed by atoms with Crippen LogP contribution >= 0.6 is 0 Å². The SMILES string of the molecule is CCC[CH2][Sn]([CH2]CCC)([CH2]CCC)[c]1nc(N)cc2ccc(F)c(F)c12. The van der Waals surface area contributed by atoms with Gasteiger partial charge in [-0.3, -0.25) is 0 Å². The Hall–Kier alpha value is -0.911. The zero-order valence-electron chi connectivity index (χ0n) is 16.4. The van der Waals surface area contributed by atoms with E-state index in [1.165, 1.54) is 6.07 Å². The van der Waals surface area contributed by atoms with Crippen molar-refractivity contribution in [2.75, 3.05) is 5.73 Å². The summed E-state index contributed by atoms with van der Waals surface area (Å²) in [6.07, 6.45) is 6.77. The maximum absolute atomic E-state index is 14.9. The van der Waals surface area contributed by atoms with E-state index in [1.54, 1.807) is 12.1 Å². The van der Waals surface area contributed by atoms with Gasteiger partial charge in [0.25, 0.3) is 0 Å². The van der Waals surface area contributed by atoms with Gasteiger partial charge in [0.1, 0.15) is 0 Å². The molecule has 0 fully saturated rings. The van der Waals surface area contributed by atoms with Crippen LogP contribution in [-0.4, -0.2) is 23.4 Å². The number of unbranched alkanes of at least 4 members (excludes halogenated alkanes) is 3. The molecule has 0 aliphatic carbocycles. The number of aromatic nitrogens is 1. The average Bonchev–Trinajstić information content (AvgIpc) is 2.64. The first kappa shape index (κ1) is 21.4. The number of rotatable bonds is 10. The number of nitrogen functional groups attached to an aromatic ring is 1. The number of fused-ring (bicyclic) bond motifs is 1. The summed E-state index contributed by atoms with van der Waals surface area (Å²) < 4.78 is 33.2. The van der Waals surface area contributed by atoms with Crippen LogP contribution in [0, 0.1) is 11.6 Å². The number of nitrogens with zero attached hydrogens (tertiary/aromatic N) is 1. The second-order valence-corrected chi connectivity index (χ2v) is 20.4. The number of anilines is 1. The molecule has 5 heteroatoms. The van der Waals surface area contributed by atoms with Crippen molar-refractivity contribution in [2.24, 2.45) is 0 Å². The molecule has 2 nitrogen and oxygen atoms in total. The summed E-state index contributed by atoms with van der Waals surface area (Å²) in [7, 11) is 0. The Bertz CT molecular complexity index is 712. The van der Waals surface area contributed by atoms with Crippen LogP contribution in [0.4, 0.5) is 14.6 Å². The van der Waals surface area contributed by atoms with E-state index in [4.69, 9.17) is 10.7 Å². The number of benzene rings is 1. The van der Waals surface area contributed by atoms with E-state index >= 15 is 0 Å². The Balaban J connectivity index is 2.73. The average molecular weight is 469 g/mol. The van der Waals surface area contributed by atoms with E-state index in [0.717, 1.165) is 55.5 Å². The predicted octanol–water partition coefficient (Wildman–Crippen LogP) is 6.15. The van der Waals surface area contributed by atoms with Gasteiger partial charge in [-0.05, 0) is 0 Å². The quantitative estimate of drug-likeness (QED) is 0.424. The molecule has 0 aliphatic rings. The Morgan fingerprint density at radius 2 is 1.46 bits per heavy atom. The van der Waals surface area contributed by atoms with Crippen LogP contribution in [0.2, 0.25) is 13.3 Å². The van der Waals surface area contributed by atoms with Crippen molar-refractivity contribution in [1.29, 1.82) is 0 Å². The van der Waals surface area contributed by atoms with Crippen LogP contribution < -0.4 is 9.44 Å². The summed E-state index contributed by atoms with van der Waals surface area (Å²) in [5.41, 5.74) is 6.10. The van der Waals surface area contributed by atoms with Crippen LogP contribution in [0.25, 0.3) is 10.8 Å². The molecule has 0 radical (unpaired) electrons. The summed E-state index contributed by atoms with van der Waals surface area (Å²) in [5.74, 6) is -1.09. The minimum absolute atomic E-state index is 0.415. The molecule has 0 spiro atoms. The third kappa shape index (κ3) is 4.67. The molecule has 2 aromatic rings. The fourth-order valence-electron chi connectivity index (χ4n) is 3.96. The summed E-state index contributed by atoms with van der Waals surface area (Å²) in [5, 5.41) is 1.11. The zero-order chi connectivity index (χ0) is 19.2. The van der Waals surface area contributed by atoms with Gasteiger partial charge in [-0.15, -0.1) is 0 Å². The molecule has 2 rings (SSSR count). The zero-order valence-corrected chi connectivity index (χ0v) is 19.2. The molecule has 0 unspecified atom stereocenters. The van der Waals surface area contributed by atoms with Gasteiger partial charge in [-0.1, -0.05) is 0 Å². The molecule has 0 atom stereocenters. The van der Waals surface area contributed by atoms with Crippen molar-refractivity contribution >= 4 is 38.7 Å². The van der Waals surface area contributed by atoms with Crippen molar-refractivity contribution in [3.8, 4) is 0 Å². The topological polar surface area (TPSA) is 38.9 Å². The van der Waals surface area contributed by atoms with Gasteiger partial charge < -0.3 is 0 Å². The Kier molecular flexibility index (Phi) is 8.11. The Morgan fingerprint density at radius 3 is 1.96 bits per heavy atom. The van der Waals surface area contributed by atoms with E-state index in [1.807, 2.05) is 0 Å². The van der Waals surface area contributed by atoms with Crippen LogP contribution in [-0.2, 0) is 0 Å². The number of nitrogens with two attached hydrogens (primary N) is 1. The number of pyridine rings is 1. The van der Waals surface area contributed by atoms with Gasteiger partial charge in [0.05, 0.1) is 0 Å². The van der Waals surface area contributed by atoms with Crippen molar-refractivity contribution in [3.63, 3.8) is 0 Å². The number of hydrogen-bond donors (Lipinski definition) is 1. The standard InChI is InChI=1S/C9H5F2N2.3C4H9.Sn/c10-7-2-1-5-3-8(12)13-4-6(5)9(7)11;3*1-3-4-2;/h1-3H,(H2,12,13);3*1,3-4H2,2H3;. The predicted molar refractivity (Wildman–Crippen MR) is 111 cm³/mol. The summed E-state index contributed by atoms with van der Waals surface area (Å²) in [4.78, 5) is 4.70. The molecule has 144 valence electrons. The van der Waals surface area contributed by atoms with Crippen molar-refractivity contribution in [3.05, 3.63) is 29.8 Å². The first-order valence-corrected chi connectivity index (χ1v) is 17.5. The molecule has 2 N–H and O–H groups in total. The molecule has 0 amide bonds. The first-order chi connectivity index (χ1) is 12.5. The van der Waals surface area contributed by atoms with E-state index in [2.05, 4.69) is 20.8 Å². The van der Waals surface area contributed by atoms with E-state index in [0.29, 0.717) is 16.6 Å². The monoisotopic (exact) mass is 470 g/mol. The van der Waals surface area contributed by atoms with Crippen LogP contribution in [0.15, 0.2) is 18.2 Å². The van der Waals surface area contributed by atoms with Crippen LogP contribution in [0.1, 0.15) is 59.3 Å². The summed E-state index contributed by atoms with van der Waals surface area (Å²) in [6.45, 7) is 6.59. The minimum atomic E-state index is -3.02. The van der Waals surface area contributed by atoms with Gasteiger partial charge in [-0.2, -0.15) is 0 Å². The molecule has 0 bridgehead atoms. The number of halogens is 2. The second-order valence-electron chi connectivity index (χ2n) is 7.45. The van der Waals surface area contributed by atoms with Gasteiger partial charge in [-0.25, -0.2) is 0 Å². The Labute approximate surface area is 160 Å². The maximum atomic E-state index is 14.9. The summed E-state index contributed by atoms with van der Waals surface area (Å²) in [6, 6.07) is 4.52. The fourth-order valence-corrected chi connectivity index (χ4v) is 20.2. The fraction of sp³-hybridized carbons (Fsp3) is 0.571. The first-order valence-electron chi connectivity index (χ1n) is 10.0. The van der Waals surface area contributed by atoms with Crippen molar-refractivity contribution in [2.45, 2.75) is 72.6 Å². The Morgan fingerprint density at radius 1 is 0.923 bits per heavy atom. The molecule has 1 heterocycles. The van der Waals surface area contributed by atoms with Gasteiger partial charge in [0.2, 0.25) is 0 Å². The van der Waals surface area contributed by atoms with E-state index in [9.17, 15) is 8.78 Å². The molecule has 0 saturated carbocycles. The third-order valence-corrected chi connectivity index (χ3v) is 20.6. The number of hydrogen-bond acceptors (Lipinski definition) is 2. The van der Waals surface area contributed by atoms with Crippen molar-refractivity contribution in [1.82, 2.24) is 4.98 Å². The summed E-state index contributed by atoms with van der Waals surface area (Å²) >= 11 is -3.02. The van der Waals surface area contributed by atoms with E-state index in [-0.39, 0.29) is 0 Å². The van der Waals surface area contributed by atoms with Crippen molar-refractivity contribution < 1.29 is 8.78 Å². The van der Waals surface area contributed by atoms with Crippen LogP contribution in [0.3, 0.4) is 0 Å². The normalized spacial score (nSPS) is 12.0. The molecule has 1 aromatic heterocycles. The van der Waals surface area contributed by atoms with Gasteiger partial charge in [0, 0.05) is 0 Å². The van der Waals surface area contributed by atoms with E-state index < -0.39 is 30.0 Å². The molecule has 0 saturated heterocycles. The molecular formula is C21H32F2N2Sn. The van der Waals surface area contributed by atoms with Gasteiger partial charge in [0.15, 0.2) is 0 Å².